The fourth-order valence-electron chi connectivity index (χ4n) is 3.65. The molecule has 1 aliphatic rings. The molecule has 0 unspecified atom stereocenters. The molecule has 7 nitrogen and oxygen atoms in total. The summed E-state index contributed by atoms with van der Waals surface area (Å²) in [7, 11) is 0. The molecule has 1 saturated heterocycles. The number of hydrogen-bond donors (Lipinski definition) is 3. The highest BCUT2D eigenvalue weighted by molar-refractivity contribution is 7.80. The minimum absolute atomic E-state index is 0.180. The summed E-state index contributed by atoms with van der Waals surface area (Å²) in [6.07, 6.45) is 2.53. The summed E-state index contributed by atoms with van der Waals surface area (Å²) in [6.45, 7) is 4.05. The van der Waals surface area contributed by atoms with Crippen LogP contribution in [0, 0.1) is 11.8 Å². The Hall–Kier alpha value is -3.38. The molecule has 2 aromatic carbocycles. The molecule has 1 fully saturated rings. The number of benzene rings is 2. The first-order valence-corrected chi connectivity index (χ1v) is 11.2. The third-order valence-electron chi connectivity index (χ3n) is 5.41. The zero-order chi connectivity index (χ0) is 23.0. The molecule has 0 bridgehead atoms. The lowest BCUT2D eigenvalue weighted by molar-refractivity contribution is 0.0933. The summed E-state index contributed by atoms with van der Waals surface area (Å²) in [4.78, 5) is 15.1. The molecule has 4 rings (SSSR count). The average Bonchev–Trinajstić information content (AvgIpc) is 3.51. The van der Waals surface area contributed by atoms with Gasteiger partial charge in [0.1, 0.15) is 22.9 Å². The molecule has 8 heteroatoms. The Balaban J connectivity index is 1.29. The molecule has 0 radical (unpaired) electrons. The van der Waals surface area contributed by atoms with Gasteiger partial charge in [0.2, 0.25) is 0 Å². The summed E-state index contributed by atoms with van der Waals surface area (Å²) >= 11 is 4.95. The SMILES string of the molecule is O=C(NCC#Cc1ccc(C(=S)NO)cc1)c1cc2cc(OCCN3CCCC3)ccc2o1. The lowest BCUT2D eigenvalue weighted by Gasteiger charge is -2.14. The van der Waals surface area contributed by atoms with Crippen LogP contribution in [0.2, 0.25) is 0 Å². The molecule has 0 saturated carbocycles. The zero-order valence-electron chi connectivity index (χ0n) is 18.1. The number of likely N-dealkylation sites (tertiary alicyclic amines) is 1. The van der Waals surface area contributed by atoms with E-state index < -0.39 is 0 Å². The monoisotopic (exact) mass is 463 g/mol. The predicted molar refractivity (Wildman–Crippen MR) is 130 cm³/mol. The number of nitrogens with one attached hydrogen (secondary N) is 2. The summed E-state index contributed by atoms with van der Waals surface area (Å²) in [5, 5.41) is 12.4. The van der Waals surface area contributed by atoms with Crippen molar-refractivity contribution in [2.24, 2.45) is 0 Å². The van der Waals surface area contributed by atoms with E-state index in [1.165, 1.54) is 12.8 Å². The number of rotatable bonds is 7. The topological polar surface area (TPSA) is 87.0 Å². The van der Waals surface area contributed by atoms with Gasteiger partial charge in [-0.15, -0.1) is 0 Å². The Labute approximate surface area is 197 Å². The van der Waals surface area contributed by atoms with E-state index in [-0.39, 0.29) is 23.2 Å². The van der Waals surface area contributed by atoms with E-state index in [2.05, 4.69) is 22.1 Å². The molecule has 1 aromatic heterocycles. The van der Waals surface area contributed by atoms with Gasteiger partial charge in [0, 0.05) is 23.1 Å². The number of furan rings is 1. The Bertz CT molecular complexity index is 1190. The molecular formula is C25H25N3O4S. The number of fused-ring (bicyclic) bond motifs is 1. The minimum atomic E-state index is -0.327. The van der Waals surface area contributed by atoms with Crippen LogP contribution in [0.3, 0.4) is 0 Å². The van der Waals surface area contributed by atoms with Crippen LogP contribution in [-0.2, 0) is 0 Å². The van der Waals surface area contributed by atoms with Crippen LogP contribution in [0.15, 0.2) is 52.9 Å². The number of carbonyl (C=O) groups excluding carboxylic acids is 1. The summed E-state index contributed by atoms with van der Waals surface area (Å²) in [6, 6.07) is 14.4. The maximum Gasteiger partial charge on any atom is 0.287 e. The molecule has 2 heterocycles. The maximum atomic E-state index is 12.4. The molecule has 0 spiro atoms. The van der Waals surface area contributed by atoms with Gasteiger partial charge in [-0.2, -0.15) is 0 Å². The van der Waals surface area contributed by atoms with E-state index >= 15 is 0 Å². The van der Waals surface area contributed by atoms with Gasteiger partial charge in [-0.05, 0) is 62.3 Å². The fraction of sp³-hybridized carbons (Fsp3) is 0.280. The van der Waals surface area contributed by atoms with E-state index in [9.17, 15) is 4.79 Å². The molecule has 170 valence electrons. The van der Waals surface area contributed by atoms with Crippen LogP contribution in [0.4, 0.5) is 0 Å². The maximum absolute atomic E-state index is 12.4. The summed E-state index contributed by atoms with van der Waals surface area (Å²) in [5.74, 6) is 6.55. The van der Waals surface area contributed by atoms with E-state index in [4.69, 9.17) is 26.6 Å². The van der Waals surface area contributed by atoms with Crippen molar-refractivity contribution in [1.82, 2.24) is 15.7 Å². The van der Waals surface area contributed by atoms with Crippen molar-refractivity contribution < 1.29 is 19.2 Å². The Morgan fingerprint density at radius 3 is 2.70 bits per heavy atom. The lowest BCUT2D eigenvalue weighted by Crippen LogP contribution is -2.25. The molecule has 3 N–H and O–H groups in total. The van der Waals surface area contributed by atoms with Crippen molar-refractivity contribution >= 4 is 34.1 Å². The van der Waals surface area contributed by atoms with Gasteiger partial charge in [0.15, 0.2) is 5.76 Å². The molecule has 1 amide bonds. The second-order valence-corrected chi connectivity index (χ2v) is 8.12. The second kappa shape index (κ2) is 11.0. The van der Waals surface area contributed by atoms with Crippen LogP contribution in [0.5, 0.6) is 5.75 Å². The standard InChI is InChI=1S/C25H25N3O4S/c29-24(26-11-3-4-18-5-7-19(8-6-18)25(33)27-30)23-17-20-16-21(9-10-22(20)32-23)31-15-14-28-12-1-2-13-28/h5-10,16-17,30H,1-2,11-15H2,(H,26,29)(H,27,33). The third-order valence-corrected chi connectivity index (χ3v) is 5.73. The minimum Gasteiger partial charge on any atom is -0.492 e. The first-order chi connectivity index (χ1) is 16.1. The van der Waals surface area contributed by atoms with Crippen molar-refractivity contribution in [3.05, 3.63) is 65.4 Å². The quantitative estimate of drug-likeness (QED) is 0.281. The molecule has 0 atom stereocenters. The first kappa shape index (κ1) is 22.8. The average molecular weight is 464 g/mol. The van der Waals surface area contributed by atoms with Crippen molar-refractivity contribution in [3.63, 3.8) is 0 Å². The van der Waals surface area contributed by atoms with Gasteiger partial charge in [0.25, 0.3) is 5.91 Å². The van der Waals surface area contributed by atoms with Crippen LogP contribution in [0.25, 0.3) is 11.0 Å². The van der Waals surface area contributed by atoms with Crippen LogP contribution in [0.1, 0.15) is 34.5 Å². The molecule has 33 heavy (non-hydrogen) atoms. The number of hydrogen-bond acceptors (Lipinski definition) is 6. The molecule has 1 aliphatic heterocycles. The van der Waals surface area contributed by atoms with Crippen molar-refractivity contribution in [3.8, 4) is 17.6 Å². The third kappa shape index (κ3) is 6.11. The zero-order valence-corrected chi connectivity index (χ0v) is 18.9. The molecule has 3 aromatic rings. The number of ether oxygens (including phenoxy) is 1. The Morgan fingerprint density at radius 1 is 1.15 bits per heavy atom. The van der Waals surface area contributed by atoms with Gasteiger partial charge >= 0.3 is 0 Å². The predicted octanol–water partition coefficient (Wildman–Crippen LogP) is 3.34. The summed E-state index contributed by atoms with van der Waals surface area (Å²) in [5.41, 5.74) is 4.04. The number of carbonyl (C=O) groups is 1. The number of thiocarbonyl (C=S) groups is 1. The number of nitrogens with zero attached hydrogens (tertiary/aromatic N) is 1. The largest absolute Gasteiger partial charge is 0.492 e. The van der Waals surface area contributed by atoms with E-state index in [1.54, 1.807) is 30.3 Å². The van der Waals surface area contributed by atoms with Gasteiger partial charge in [-0.25, -0.2) is 0 Å². The van der Waals surface area contributed by atoms with Crippen LogP contribution in [-0.4, -0.2) is 53.8 Å². The van der Waals surface area contributed by atoms with Gasteiger partial charge in [0.05, 0.1) is 6.54 Å². The highest BCUT2D eigenvalue weighted by Crippen LogP contribution is 2.24. The Morgan fingerprint density at radius 2 is 1.94 bits per heavy atom. The van der Waals surface area contributed by atoms with Crippen molar-refractivity contribution in [2.75, 3.05) is 32.8 Å². The molecular weight excluding hydrogens is 438 g/mol. The first-order valence-electron chi connectivity index (χ1n) is 10.8. The van der Waals surface area contributed by atoms with E-state index in [0.717, 1.165) is 36.3 Å². The highest BCUT2D eigenvalue weighted by atomic mass is 32.1. The summed E-state index contributed by atoms with van der Waals surface area (Å²) < 4.78 is 11.5. The Kier molecular flexibility index (Phi) is 7.58. The van der Waals surface area contributed by atoms with Crippen molar-refractivity contribution in [2.45, 2.75) is 12.8 Å². The number of hydroxylamine groups is 1. The fourth-order valence-corrected chi connectivity index (χ4v) is 3.79. The van der Waals surface area contributed by atoms with Gasteiger partial charge < -0.3 is 14.5 Å². The molecule has 0 aliphatic carbocycles. The highest BCUT2D eigenvalue weighted by Gasteiger charge is 2.13. The van der Waals surface area contributed by atoms with E-state index in [1.807, 2.05) is 23.7 Å². The van der Waals surface area contributed by atoms with Gasteiger partial charge in [-0.3, -0.25) is 20.4 Å². The smallest absolute Gasteiger partial charge is 0.287 e. The lowest BCUT2D eigenvalue weighted by atomic mass is 10.1. The normalized spacial score (nSPS) is 13.4. The van der Waals surface area contributed by atoms with E-state index in [0.29, 0.717) is 17.8 Å². The number of amides is 1. The van der Waals surface area contributed by atoms with Crippen molar-refractivity contribution in [1.29, 1.82) is 0 Å². The van der Waals surface area contributed by atoms with Gasteiger partial charge in [-0.1, -0.05) is 36.2 Å². The van der Waals surface area contributed by atoms with Crippen LogP contribution >= 0.6 is 12.2 Å². The second-order valence-electron chi connectivity index (χ2n) is 7.71. The van der Waals surface area contributed by atoms with Crippen LogP contribution < -0.4 is 15.5 Å².